The molecular formula is C17H26BrNO. The normalized spacial score (nSPS) is 13.1. The van der Waals surface area contributed by atoms with E-state index in [4.69, 9.17) is 0 Å². The van der Waals surface area contributed by atoms with Crippen molar-refractivity contribution in [2.45, 2.75) is 47.0 Å². The Bertz CT molecular complexity index is 437. The van der Waals surface area contributed by atoms with Crippen molar-refractivity contribution < 1.29 is 4.79 Å². The number of anilines is 1. The minimum atomic E-state index is 0.102. The van der Waals surface area contributed by atoms with Gasteiger partial charge in [0.1, 0.15) is 0 Å². The van der Waals surface area contributed by atoms with Gasteiger partial charge in [0, 0.05) is 17.4 Å². The molecule has 0 bridgehead atoms. The van der Waals surface area contributed by atoms with Crippen molar-refractivity contribution in [3.05, 3.63) is 29.8 Å². The SMILES string of the molecule is CC(CC(=O)Nc1cccc(CCCBr)c1)C(C)(C)C. The van der Waals surface area contributed by atoms with Crippen LogP contribution < -0.4 is 5.32 Å². The van der Waals surface area contributed by atoms with E-state index in [0.717, 1.165) is 23.9 Å². The van der Waals surface area contributed by atoms with Crippen molar-refractivity contribution in [1.82, 2.24) is 0 Å². The van der Waals surface area contributed by atoms with E-state index in [9.17, 15) is 4.79 Å². The monoisotopic (exact) mass is 339 g/mol. The minimum Gasteiger partial charge on any atom is -0.326 e. The highest BCUT2D eigenvalue weighted by atomic mass is 79.9. The van der Waals surface area contributed by atoms with Crippen molar-refractivity contribution >= 4 is 27.5 Å². The number of nitrogens with one attached hydrogen (secondary N) is 1. The Labute approximate surface area is 131 Å². The first-order chi connectivity index (χ1) is 9.32. The van der Waals surface area contributed by atoms with Crippen molar-refractivity contribution in [1.29, 1.82) is 0 Å². The van der Waals surface area contributed by atoms with Crippen LogP contribution in [0.15, 0.2) is 24.3 Å². The van der Waals surface area contributed by atoms with Gasteiger partial charge in [-0.1, -0.05) is 55.8 Å². The highest BCUT2D eigenvalue weighted by Gasteiger charge is 2.22. The lowest BCUT2D eigenvalue weighted by Gasteiger charge is -2.26. The molecule has 1 aromatic rings. The summed E-state index contributed by atoms with van der Waals surface area (Å²) in [6.07, 6.45) is 2.71. The molecule has 0 spiro atoms. The molecule has 0 saturated carbocycles. The fourth-order valence-corrected chi connectivity index (χ4v) is 2.15. The first-order valence-corrected chi connectivity index (χ1v) is 8.40. The van der Waals surface area contributed by atoms with Crippen LogP contribution >= 0.6 is 15.9 Å². The number of aryl methyl sites for hydroxylation is 1. The van der Waals surface area contributed by atoms with Crippen LogP contribution in [0.4, 0.5) is 5.69 Å². The molecule has 0 aliphatic rings. The van der Waals surface area contributed by atoms with Gasteiger partial charge >= 0.3 is 0 Å². The minimum absolute atomic E-state index is 0.102. The van der Waals surface area contributed by atoms with Gasteiger partial charge in [0.2, 0.25) is 5.91 Å². The van der Waals surface area contributed by atoms with E-state index < -0.39 is 0 Å². The van der Waals surface area contributed by atoms with Gasteiger partial charge < -0.3 is 5.32 Å². The van der Waals surface area contributed by atoms with E-state index in [1.165, 1.54) is 5.56 Å². The zero-order valence-electron chi connectivity index (χ0n) is 13.0. The maximum atomic E-state index is 12.1. The molecule has 1 N–H and O–H groups in total. The van der Waals surface area contributed by atoms with Crippen LogP contribution in [0.3, 0.4) is 0 Å². The summed E-state index contributed by atoms with van der Waals surface area (Å²) in [5.41, 5.74) is 2.34. The molecule has 0 saturated heterocycles. The summed E-state index contributed by atoms with van der Waals surface area (Å²) in [5.74, 6) is 0.462. The van der Waals surface area contributed by atoms with Gasteiger partial charge in [-0.05, 0) is 41.9 Å². The first-order valence-electron chi connectivity index (χ1n) is 7.27. The third kappa shape index (κ3) is 6.08. The molecule has 1 amide bonds. The van der Waals surface area contributed by atoms with Crippen LogP contribution in [0, 0.1) is 11.3 Å². The molecule has 20 heavy (non-hydrogen) atoms. The maximum Gasteiger partial charge on any atom is 0.224 e. The van der Waals surface area contributed by atoms with E-state index in [2.05, 4.69) is 61.1 Å². The Morgan fingerprint density at radius 2 is 2.05 bits per heavy atom. The third-order valence-corrected chi connectivity index (χ3v) is 4.34. The van der Waals surface area contributed by atoms with Crippen molar-refractivity contribution in [3.8, 4) is 0 Å². The first kappa shape index (κ1) is 17.2. The Morgan fingerprint density at radius 1 is 1.35 bits per heavy atom. The van der Waals surface area contributed by atoms with Gasteiger partial charge in [-0.3, -0.25) is 4.79 Å². The van der Waals surface area contributed by atoms with Gasteiger partial charge in [0.25, 0.3) is 0 Å². The molecule has 0 heterocycles. The molecular weight excluding hydrogens is 314 g/mol. The van der Waals surface area contributed by atoms with Gasteiger partial charge in [0.15, 0.2) is 0 Å². The van der Waals surface area contributed by atoms with Crippen LogP contribution in [-0.4, -0.2) is 11.2 Å². The summed E-state index contributed by atoms with van der Waals surface area (Å²) >= 11 is 3.44. The number of benzene rings is 1. The molecule has 0 aliphatic carbocycles. The van der Waals surface area contributed by atoms with Gasteiger partial charge in [-0.15, -0.1) is 0 Å². The Hall–Kier alpha value is -0.830. The average Bonchev–Trinajstić information content (AvgIpc) is 2.35. The molecule has 1 unspecified atom stereocenters. The summed E-state index contributed by atoms with van der Waals surface area (Å²) in [5, 5.41) is 4.02. The number of amides is 1. The van der Waals surface area contributed by atoms with E-state index in [-0.39, 0.29) is 11.3 Å². The Balaban J connectivity index is 2.57. The number of hydrogen-bond acceptors (Lipinski definition) is 1. The van der Waals surface area contributed by atoms with Crippen LogP contribution in [0.25, 0.3) is 0 Å². The molecule has 2 nitrogen and oxygen atoms in total. The Kier molecular flexibility index (Phi) is 6.74. The summed E-state index contributed by atoms with van der Waals surface area (Å²) in [6.45, 7) is 8.65. The fraction of sp³-hybridized carbons (Fsp3) is 0.588. The van der Waals surface area contributed by atoms with E-state index in [1.54, 1.807) is 0 Å². The fourth-order valence-electron chi connectivity index (χ4n) is 1.87. The van der Waals surface area contributed by atoms with Gasteiger partial charge in [0.05, 0.1) is 0 Å². The standard InChI is InChI=1S/C17H26BrNO/c1-13(17(2,3)4)11-16(20)19-15-9-5-7-14(12-15)8-6-10-18/h5,7,9,12-13H,6,8,10-11H2,1-4H3,(H,19,20). The molecule has 1 atom stereocenters. The third-order valence-electron chi connectivity index (χ3n) is 3.78. The number of alkyl halides is 1. The second-order valence-electron chi connectivity index (χ2n) is 6.51. The molecule has 1 rings (SSSR count). The second kappa shape index (κ2) is 7.82. The predicted octanol–water partition coefficient (Wildman–Crippen LogP) is 5.02. The molecule has 112 valence electrons. The predicted molar refractivity (Wildman–Crippen MR) is 90.4 cm³/mol. The number of carbonyl (C=O) groups is 1. The Morgan fingerprint density at radius 3 is 2.65 bits per heavy atom. The van der Waals surface area contributed by atoms with Crippen molar-refractivity contribution in [3.63, 3.8) is 0 Å². The van der Waals surface area contributed by atoms with Crippen LogP contribution in [-0.2, 0) is 11.2 Å². The molecule has 1 aromatic carbocycles. The lowest BCUT2D eigenvalue weighted by atomic mass is 9.80. The molecule has 0 radical (unpaired) electrons. The largest absolute Gasteiger partial charge is 0.326 e. The average molecular weight is 340 g/mol. The summed E-state index contributed by atoms with van der Waals surface area (Å²) in [6, 6.07) is 8.14. The van der Waals surface area contributed by atoms with E-state index >= 15 is 0 Å². The number of halogens is 1. The number of carbonyl (C=O) groups excluding carboxylic acids is 1. The smallest absolute Gasteiger partial charge is 0.224 e. The second-order valence-corrected chi connectivity index (χ2v) is 7.31. The quantitative estimate of drug-likeness (QED) is 0.724. The molecule has 3 heteroatoms. The summed E-state index contributed by atoms with van der Waals surface area (Å²) in [4.78, 5) is 12.1. The zero-order chi connectivity index (χ0) is 15.2. The van der Waals surface area contributed by atoms with Crippen LogP contribution in [0.2, 0.25) is 0 Å². The topological polar surface area (TPSA) is 29.1 Å². The van der Waals surface area contributed by atoms with Gasteiger partial charge in [-0.2, -0.15) is 0 Å². The summed E-state index contributed by atoms with van der Waals surface area (Å²) in [7, 11) is 0. The molecule has 0 aromatic heterocycles. The van der Waals surface area contributed by atoms with Gasteiger partial charge in [-0.25, -0.2) is 0 Å². The van der Waals surface area contributed by atoms with Crippen molar-refractivity contribution in [2.75, 3.05) is 10.6 Å². The van der Waals surface area contributed by atoms with Crippen LogP contribution in [0.1, 0.15) is 46.1 Å². The number of rotatable bonds is 6. The zero-order valence-corrected chi connectivity index (χ0v) is 14.6. The molecule has 0 fully saturated rings. The maximum absolute atomic E-state index is 12.1. The van der Waals surface area contributed by atoms with Crippen LogP contribution in [0.5, 0.6) is 0 Å². The summed E-state index contributed by atoms with van der Waals surface area (Å²) < 4.78 is 0. The highest BCUT2D eigenvalue weighted by Crippen LogP contribution is 2.28. The lowest BCUT2D eigenvalue weighted by Crippen LogP contribution is -2.23. The van der Waals surface area contributed by atoms with Crippen molar-refractivity contribution in [2.24, 2.45) is 11.3 Å². The van der Waals surface area contributed by atoms with E-state index in [1.807, 2.05) is 12.1 Å². The number of hydrogen-bond donors (Lipinski definition) is 1. The van der Waals surface area contributed by atoms with E-state index in [0.29, 0.717) is 12.3 Å². The highest BCUT2D eigenvalue weighted by molar-refractivity contribution is 9.09. The lowest BCUT2D eigenvalue weighted by molar-refractivity contribution is -0.117. The molecule has 0 aliphatic heterocycles.